The Bertz CT molecular complexity index is 513. The molecular weight excluding hydrogens is 320 g/mol. The second kappa shape index (κ2) is 5.94. The summed E-state index contributed by atoms with van der Waals surface area (Å²) in [5, 5.41) is 10.4. The number of rotatable bonds is 4. The third-order valence-corrected chi connectivity index (χ3v) is 4.29. The van der Waals surface area contributed by atoms with Gasteiger partial charge < -0.3 is 0 Å². The van der Waals surface area contributed by atoms with Crippen LogP contribution in [0, 0.1) is 6.92 Å². The van der Waals surface area contributed by atoms with Gasteiger partial charge in [0.2, 0.25) is 0 Å². The molecule has 0 amide bonds. The van der Waals surface area contributed by atoms with Crippen LogP contribution in [0.25, 0.3) is 10.6 Å². The van der Waals surface area contributed by atoms with Gasteiger partial charge in [-0.1, -0.05) is 39.4 Å². The van der Waals surface area contributed by atoms with Gasteiger partial charge >= 0.3 is 0 Å². The Kier molecular flexibility index (Phi) is 4.54. The number of alkyl halides is 1. The molecule has 2 aromatic rings. The zero-order valence-electron chi connectivity index (χ0n) is 9.41. The van der Waals surface area contributed by atoms with E-state index >= 15 is 0 Å². The van der Waals surface area contributed by atoms with Crippen LogP contribution < -0.4 is 0 Å². The molecule has 1 heterocycles. The van der Waals surface area contributed by atoms with Crippen molar-refractivity contribution < 1.29 is 0 Å². The Hall–Kier alpha value is -0.450. The van der Waals surface area contributed by atoms with Crippen LogP contribution in [0.5, 0.6) is 0 Å². The van der Waals surface area contributed by atoms with Gasteiger partial charge in [-0.15, -0.1) is 21.8 Å². The zero-order valence-corrected chi connectivity index (χ0v) is 12.6. The number of hydrogen-bond acceptors (Lipinski definition) is 3. The monoisotopic (exact) mass is 330 g/mol. The molecule has 2 nitrogen and oxygen atoms in total. The molecule has 0 unspecified atom stereocenters. The molecule has 0 saturated heterocycles. The molecule has 1 aromatic heterocycles. The van der Waals surface area contributed by atoms with E-state index in [-0.39, 0.29) is 0 Å². The van der Waals surface area contributed by atoms with Crippen molar-refractivity contribution in [2.24, 2.45) is 0 Å². The van der Waals surface area contributed by atoms with E-state index in [2.05, 4.69) is 51.3 Å². The second-order valence-electron chi connectivity index (χ2n) is 3.78. The first kappa shape index (κ1) is 13.0. The third-order valence-electron chi connectivity index (χ3n) is 2.35. The van der Waals surface area contributed by atoms with Crippen molar-refractivity contribution in [3.8, 4) is 10.6 Å². The first-order valence-corrected chi connectivity index (χ1v) is 7.50. The summed E-state index contributed by atoms with van der Waals surface area (Å²) >= 11 is 10.9. The topological polar surface area (TPSA) is 25.8 Å². The van der Waals surface area contributed by atoms with Crippen molar-refractivity contribution in [3.63, 3.8) is 0 Å². The van der Waals surface area contributed by atoms with E-state index in [1.54, 1.807) is 11.3 Å². The van der Waals surface area contributed by atoms with Crippen LogP contribution in [-0.2, 0) is 6.42 Å². The predicted molar refractivity (Wildman–Crippen MR) is 76.8 cm³/mol. The molecule has 0 aliphatic carbocycles. The Balaban J connectivity index is 2.24. The fraction of sp³-hybridized carbons (Fsp3) is 0.333. The van der Waals surface area contributed by atoms with Crippen LogP contribution in [-0.4, -0.2) is 16.1 Å². The zero-order chi connectivity index (χ0) is 12.3. The summed E-state index contributed by atoms with van der Waals surface area (Å²) in [5.74, 6) is 0.670. The highest BCUT2D eigenvalue weighted by molar-refractivity contribution is 9.10. The van der Waals surface area contributed by atoms with Gasteiger partial charge in [0, 0.05) is 22.3 Å². The maximum Gasteiger partial charge on any atom is 0.148 e. The minimum atomic E-state index is 0.670. The average Bonchev–Trinajstić information content (AvgIpc) is 2.75. The summed E-state index contributed by atoms with van der Waals surface area (Å²) in [6, 6.07) is 6.25. The molecule has 0 saturated carbocycles. The van der Waals surface area contributed by atoms with Gasteiger partial charge in [0.1, 0.15) is 10.0 Å². The van der Waals surface area contributed by atoms with Crippen molar-refractivity contribution in [2.45, 2.75) is 19.8 Å². The van der Waals surface area contributed by atoms with E-state index in [1.165, 1.54) is 5.56 Å². The Morgan fingerprint density at radius 2 is 2.18 bits per heavy atom. The standard InChI is InChI=1S/C12H12BrClN2S/c1-8-4-5-9(10(13)7-8)12-16-15-11(17-12)3-2-6-14/h4-5,7H,2-3,6H2,1H3. The molecule has 5 heteroatoms. The summed E-state index contributed by atoms with van der Waals surface area (Å²) in [5.41, 5.74) is 2.33. The molecule has 0 fully saturated rings. The number of halogens is 2. The van der Waals surface area contributed by atoms with Gasteiger partial charge in [-0.2, -0.15) is 0 Å². The number of hydrogen-bond donors (Lipinski definition) is 0. The molecular formula is C12H12BrClN2S. The van der Waals surface area contributed by atoms with Gasteiger partial charge in [0.15, 0.2) is 0 Å². The van der Waals surface area contributed by atoms with Crippen molar-refractivity contribution in [2.75, 3.05) is 5.88 Å². The maximum absolute atomic E-state index is 5.67. The Morgan fingerprint density at radius 3 is 2.88 bits per heavy atom. The number of nitrogens with zero attached hydrogens (tertiary/aromatic N) is 2. The molecule has 0 spiro atoms. The lowest BCUT2D eigenvalue weighted by Crippen LogP contribution is -1.84. The van der Waals surface area contributed by atoms with E-state index in [4.69, 9.17) is 11.6 Å². The fourth-order valence-electron chi connectivity index (χ4n) is 1.48. The van der Waals surface area contributed by atoms with Gasteiger partial charge in [0.05, 0.1) is 0 Å². The van der Waals surface area contributed by atoms with Crippen LogP contribution in [0.3, 0.4) is 0 Å². The number of aromatic nitrogens is 2. The molecule has 1 aromatic carbocycles. The Labute approximate surface area is 118 Å². The quantitative estimate of drug-likeness (QED) is 0.774. The lowest BCUT2D eigenvalue weighted by Gasteiger charge is -2.00. The second-order valence-corrected chi connectivity index (χ2v) is 6.07. The third kappa shape index (κ3) is 3.27. The number of benzene rings is 1. The first-order chi connectivity index (χ1) is 8.20. The van der Waals surface area contributed by atoms with Gasteiger partial charge in [-0.3, -0.25) is 0 Å². The van der Waals surface area contributed by atoms with E-state index in [1.807, 2.05) is 0 Å². The molecule has 17 heavy (non-hydrogen) atoms. The largest absolute Gasteiger partial charge is 0.148 e. The lowest BCUT2D eigenvalue weighted by molar-refractivity contribution is 0.884. The van der Waals surface area contributed by atoms with E-state index in [0.717, 1.165) is 32.9 Å². The van der Waals surface area contributed by atoms with Crippen molar-refractivity contribution in [1.82, 2.24) is 10.2 Å². The van der Waals surface area contributed by atoms with Gasteiger partial charge in [-0.25, -0.2) is 0 Å². The normalized spacial score (nSPS) is 10.8. The van der Waals surface area contributed by atoms with Crippen molar-refractivity contribution in [3.05, 3.63) is 33.2 Å². The van der Waals surface area contributed by atoms with Crippen molar-refractivity contribution in [1.29, 1.82) is 0 Å². The molecule has 0 aliphatic rings. The highest BCUT2D eigenvalue weighted by Crippen LogP contribution is 2.31. The molecule has 0 bridgehead atoms. The van der Waals surface area contributed by atoms with E-state index in [9.17, 15) is 0 Å². The summed E-state index contributed by atoms with van der Waals surface area (Å²) in [4.78, 5) is 0. The molecule has 0 radical (unpaired) electrons. The van der Waals surface area contributed by atoms with Crippen molar-refractivity contribution >= 4 is 38.9 Å². The van der Waals surface area contributed by atoms with Crippen LogP contribution >= 0.6 is 38.9 Å². The van der Waals surface area contributed by atoms with Crippen LogP contribution in [0.1, 0.15) is 17.0 Å². The molecule has 2 rings (SSSR count). The maximum atomic E-state index is 5.67. The van der Waals surface area contributed by atoms with E-state index in [0.29, 0.717) is 5.88 Å². The molecule has 0 aliphatic heterocycles. The first-order valence-electron chi connectivity index (χ1n) is 5.35. The summed E-state index contributed by atoms with van der Waals surface area (Å²) in [7, 11) is 0. The summed E-state index contributed by atoms with van der Waals surface area (Å²) < 4.78 is 1.07. The summed E-state index contributed by atoms with van der Waals surface area (Å²) in [6.07, 6.45) is 1.86. The van der Waals surface area contributed by atoms with Crippen LogP contribution in [0.15, 0.2) is 22.7 Å². The minimum absolute atomic E-state index is 0.670. The molecule has 90 valence electrons. The molecule has 0 atom stereocenters. The predicted octanol–water partition coefficient (Wildman–Crippen LogP) is 4.45. The lowest BCUT2D eigenvalue weighted by atomic mass is 10.2. The average molecular weight is 332 g/mol. The highest BCUT2D eigenvalue weighted by atomic mass is 79.9. The van der Waals surface area contributed by atoms with Crippen LogP contribution in [0.2, 0.25) is 0 Å². The highest BCUT2D eigenvalue weighted by Gasteiger charge is 2.09. The minimum Gasteiger partial charge on any atom is -0.143 e. The van der Waals surface area contributed by atoms with Gasteiger partial charge in [0.25, 0.3) is 0 Å². The SMILES string of the molecule is Cc1ccc(-c2nnc(CCCCl)s2)c(Br)c1. The van der Waals surface area contributed by atoms with E-state index < -0.39 is 0 Å². The smallest absolute Gasteiger partial charge is 0.143 e. The molecule has 0 N–H and O–H groups in total. The summed E-state index contributed by atoms with van der Waals surface area (Å²) in [6.45, 7) is 2.07. The fourth-order valence-corrected chi connectivity index (χ4v) is 3.34. The van der Waals surface area contributed by atoms with Gasteiger partial charge in [-0.05, 0) is 25.0 Å². The Morgan fingerprint density at radius 1 is 1.35 bits per heavy atom. The number of aryl methyl sites for hydroxylation is 2. The van der Waals surface area contributed by atoms with Crippen LogP contribution in [0.4, 0.5) is 0 Å².